The van der Waals surface area contributed by atoms with Gasteiger partial charge in [0.1, 0.15) is 0 Å². The number of nitrogens with one attached hydrogen (secondary N) is 1. The number of benzene rings is 2. The Kier molecular flexibility index (Phi) is 5.11. The number of thioether (sulfide) groups is 2. The van der Waals surface area contributed by atoms with Crippen LogP contribution in [0.15, 0.2) is 42.5 Å². The predicted octanol–water partition coefficient (Wildman–Crippen LogP) is 4.63. The van der Waals surface area contributed by atoms with Crippen LogP contribution in [0.1, 0.15) is 26.1 Å². The van der Waals surface area contributed by atoms with Crippen molar-refractivity contribution in [3.8, 4) is 0 Å². The van der Waals surface area contributed by atoms with Crippen LogP contribution in [0.25, 0.3) is 0 Å². The van der Waals surface area contributed by atoms with Gasteiger partial charge in [-0.3, -0.25) is 14.9 Å². The van der Waals surface area contributed by atoms with Crippen LogP contribution in [-0.4, -0.2) is 22.3 Å². The van der Waals surface area contributed by atoms with Gasteiger partial charge in [-0.05, 0) is 30.7 Å². The van der Waals surface area contributed by atoms with E-state index in [0.29, 0.717) is 15.8 Å². The lowest BCUT2D eigenvalue weighted by Crippen LogP contribution is -2.12. The Morgan fingerprint density at radius 3 is 2.67 bits per heavy atom. The molecule has 1 aliphatic rings. The van der Waals surface area contributed by atoms with Crippen molar-refractivity contribution in [3.05, 3.63) is 69.3 Å². The van der Waals surface area contributed by atoms with E-state index in [1.165, 1.54) is 11.6 Å². The highest BCUT2D eigenvalue weighted by Gasteiger charge is 2.19. The highest BCUT2D eigenvalue weighted by atomic mass is 32.2. The molecule has 2 aromatic rings. The topological polar surface area (TPSA) is 72.2 Å². The van der Waals surface area contributed by atoms with E-state index >= 15 is 0 Å². The Morgan fingerprint density at radius 1 is 1.21 bits per heavy atom. The summed E-state index contributed by atoms with van der Waals surface area (Å²) in [5.74, 6) is 1.93. The van der Waals surface area contributed by atoms with Crippen molar-refractivity contribution in [3.63, 3.8) is 0 Å². The summed E-state index contributed by atoms with van der Waals surface area (Å²) >= 11 is 3.80. The Morgan fingerprint density at radius 2 is 1.96 bits per heavy atom. The van der Waals surface area contributed by atoms with Crippen LogP contribution < -0.4 is 5.32 Å². The number of nitrogens with zero attached hydrogens (tertiary/aromatic N) is 1. The van der Waals surface area contributed by atoms with Gasteiger partial charge in [0.15, 0.2) is 0 Å². The molecule has 7 heteroatoms. The number of nitro benzene ring substituents is 1. The monoisotopic (exact) mass is 360 g/mol. The lowest BCUT2D eigenvalue weighted by Gasteiger charge is -2.11. The fourth-order valence-corrected chi connectivity index (χ4v) is 5.30. The van der Waals surface area contributed by atoms with Gasteiger partial charge in [-0.25, -0.2) is 0 Å². The summed E-state index contributed by atoms with van der Waals surface area (Å²) in [6.07, 6.45) is 0. The van der Waals surface area contributed by atoms with Gasteiger partial charge in [0, 0.05) is 34.4 Å². The van der Waals surface area contributed by atoms with E-state index in [4.69, 9.17) is 0 Å². The van der Waals surface area contributed by atoms with Gasteiger partial charge >= 0.3 is 0 Å². The van der Waals surface area contributed by atoms with Crippen molar-refractivity contribution in [2.75, 3.05) is 16.8 Å². The van der Waals surface area contributed by atoms with Crippen LogP contribution in [0.2, 0.25) is 0 Å². The molecule has 0 aliphatic carbocycles. The van der Waals surface area contributed by atoms with Crippen LogP contribution >= 0.6 is 23.5 Å². The average Bonchev–Trinajstić information content (AvgIpc) is 3.09. The smallest absolute Gasteiger partial charge is 0.273 e. The van der Waals surface area contributed by atoms with Gasteiger partial charge < -0.3 is 5.32 Å². The largest absolute Gasteiger partial charge is 0.322 e. The lowest BCUT2D eigenvalue weighted by atomic mass is 10.1. The maximum atomic E-state index is 12.4. The highest BCUT2D eigenvalue weighted by Crippen LogP contribution is 2.45. The third-order valence-electron chi connectivity index (χ3n) is 3.71. The Hall–Kier alpha value is -1.99. The van der Waals surface area contributed by atoms with Gasteiger partial charge in [-0.15, -0.1) is 23.5 Å². The average molecular weight is 360 g/mol. The predicted molar refractivity (Wildman–Crippen MR) is 99.9 cm³/mol. The Balaban J connectivity index is 1.78. The normalized spacial score (nSPS) is 14.5. The second-order valence-electron chi connectivity index (χ2n) is 5.41. The molecule has 124 valence electrons. The fourth-order valence-electron chi connectivity index (χ4n) is 2.46. The summed E-state index contributed by atoms with van der Waals surface area (Å²) in [4.78, 5) is 22.9. The molecule has 1 heterocycles. The van der Waals surface area contributed by atoms with Gasteiger partial charge in [-0.1, -0.05) is 18.2 Å². The molecule has 0 unspecified atom stereocenters. The molecule has 1 amide bonds. The molecule has 0 radical (unpaired) electrons. The van der Waals surface area contributed by atoms with E-state index in [0.717, 1.165) is 11.5 Å². The van der Waals surface area contributed by atoms with Gasteiger partial charge in [0.05, 0.1) is 9.51 Å². The van der Waals surface area contributed by atoms with E-state index in [-0.39, 0.29) is 17.2 Å². The van der Waals surface area contributed by atoms with E-state index in [1.54, 1.807) is 19.1 Å². The zero-order valence-corrected chi connectivity index (χ0v) is 14.7. The zero-order valence-electron chi connectivity index (χ0n) is 13.0. The molecule has 0 bridgehead atoms. The summed E-state index contributed by atoms with van der Waals surface area (Å²) in [6.45, 7) is 1.65. The molecular weight excluding hydrogens is 344 g/mol. The molecular formula is C17H16N2O3S2. The minimum atomic E-state index is -0.471. The summed E-state index contributed by atoms with van der Waals surface area (Å²) in [6, 6.07) is 12.3. The van der Waals surface area contributed by atoms with Crippen molar-refractivity contribution in [2.24, 2.45) is 0 Å². The van der Waals surface area contributed by atoms with Crippen molar-refractivity contribution in [1.82, 2.24) is 0 Å². The molecule has 0 saturated carbocycles. The van der Waals surface area contributed by atoms with Crippen LogP contribution in [0.3, 0.4) is 0 Å². The molecule has 1 N–H and O–H groups in total. The molecule has 24 heavy (non-hydrogen) atoms. The third kappa shape index (κ3) is 3.73. The highest BCUT2D eigenvalue weighted by molar-refractivity contribution is 8.19. The minimum absolute atomic E-state index is 0.0462. The maximum absolute atomic E-state index is 12.4. The van der Waals surface area contributed by atoms with Crippen molar-refractivity contribution in [1.29, 1.82) is 0 Å². The zero-order chi connectivity index (χ0) is 17.1. The van der Waals surface area contributed by atoms with E-state index in [2.05, 4.69) is 11.4 Å². The van der Waals surface area contributed by atoms with Crippen molar-refractivity contribution in [2.45, 2.75) is 11.5 Å². The Bertz CT molecular complexity index is 789. The molecule has 3 rings (SSSR count). The second kappa shape index (κ2) is 7.27. The summed E-state index contributed by atoms with van der Waals surface area (Å²) < 4.78 is 0.405. The molecule has 0 aromatic heterocycles. The first-order chi connectivity index (χ1) is 11.5. The minimum Gasteiger partial charge on any atom is -0.322 e. The second-order valence-corrected chi connectivity index (χ2v) is 8.14. The molecule has 5 nitrogen and oxygen atoms in total. The number of hydrogen-bond donors (Lipinski definition) is 1. The molecule has 2 aromatic carbocycles. The summed E-state index contributed by atoms with van der Waals surface area (Å²) in [7, 11) is 0. The van der Waals surface area contributed by atoms with E-state index in [1.807, 2.05) is 41.7 Å². The van der Waals surface area contributed by atoms with Gasteiger partial charge in [0.25, 0.3) is 11.6 Å². The molecule has 1 saturated heterocycles. The first kappa shape index (κ1) is 16.9. The van der Waals surface area contributed by atoms with Crippen molar-refractivity contribution < 1.29 is 9.72 Å². The molecule has 1 aliphatic heterocycles. The number of carbonyl (C=O) groups is 1. The van der Waals surface area contributed by atoms with Gasteiger partial charge in [0.2, 0.25) is 0 Å². The number of rotatable bonds is 4. The standard InChI is InChI=1S/C17H16N2O3S2/c1-11-5-6-12(10-15(11)19(21)22)16(20)18-14-4-2-3-13(9-14)17-23-7-8-24-17/h2-6,9-10,17H,7-8H2,1H3,(H,18,20). The molecule has 0 spiro atoms. The SMILES string of the molecule is Cc1ccc(C(=O)Nc2cccc(C3SCCS3)c2)cc1[N+](=O)[O-]. The van der Waals surface area contributed by atoms with Crippen LogP contribution in [-0.2, 0) is 0 Å². The lowest BCUT2D eigenvalue weighted by molar-refractivity contribution is -0.385. The number of anilines is 1. The number of hydrogen-bond acceptors (Lipinski definition) is 5. The molecule has 0 atom stereocenters. The van der Waals surface area contributed by atoms with Gasteiger partial charge in [-0.2, -0.15) is 0 Å². The number of nitro groups is 1. The third-order valence-corrected chi connectivity index (χ3v) is 6.81. The van der Waals surface area contributed by atoms with E-state index < -0.39 is 4.92 Å². The Labute approximate surface area is 148 Å². The quantitative estimate of drug-likeness (QED) is 0.635. The van der Waals surface area contributed by atoms with Crippen LogP contribution in [0, 0.1) is 17.0 Å². The summed E-state index contributed by atoms with van der Waals surface area (Å²) in [5.41, 5.74) is 2.65. The van der Waals surface area contributed by atoms with Crippen LogP contribution in [0.5, 0.6) is 0 Å². The first-order valence-corrected chi connectivity index (χ1v) is 9.54. The first-order valence-electron chi connectivity index (χ1n) is 7.44. The summed E-state index contributed by atoms with van der Waals surface area (Å²) in [5, 5.41) is 13.8. The number of carbonyl (C=O) groups excluding carboxylic acids is 1. The van der Waals surface area contributed by atoms with E-state index in [9.17, 15) is 14.9 Å². The molecule has 1 fully saturated rings. The van der Waals surface area contributed by atoms with Crippen molar-refractivity contribution >= 4 is 40.8 Å². The number of aryl methyl sites for hydroxylation is 1. The van der Waals surface area contributed by atoms with Crippen LogP contribution in [0.4, 0.5) is 11.4 Å². The fraction of sp³-hybridized carbons (Fsp3) is 0.235. The number of amides is 1. The maximum Gasteiger partial charge on any atom is 0.273 e.